The summed E-state index contributed by atoms with van der Waals surface area (Å²) in [5.41, 5.74) is 1.14. The van der Waals surface area contributed by atoms with Gasteiger partial charge in [-0.3, -0.25) is 4.68 Å². The molecule has 1 unspecified atom stereocenters. The van der Waals surface area contributed by atoms with Gasteiger partial charge in [-0.15, -0.1) is 11.8 Å². The van der Waals surface area contributed by atoms with E-state index in [1.807, 2.05) is 11.8 Å². The fourth-order valence-corrected chi connectivity index (χ4v) is 3.12. The molecule has 1 atom stereocenters. The Hall–Kier alpha value is -0.520. The molecule has 0 bridgehead atoms. The van der Waals surface area contributed by atoms with Gasteiger partial charge >= 0.3 is 0 Å². The third-order valence-corrected chi connectivity index (χ3v) is 4.14. The summed E-state index contributed by atoms with van der Waals surface area (Å²) in [6, 6.07) is 2.50. The Morgan fingerprint density at radius 1 is 1.50 bits per heavy atom. The Morgan fingerprint density at radius 2 is 2.50 bits per heavy atom. The van der Waals surface area contributed by atoms with Crippen molar-refractivity contribution in [1.29, 1.82) is 0 Å². The molecule has 0 amide bonds. The smallest absolute Gasteiger partial charge is 0.0943 e. The van der Waals surface area contributed by atoms with E-state index in [1.54, 1.807) is 0 Å². The first-order valence-corrected chi connectivity index (χ1v) is 6.94. The lowest BCUT2D eigenvalue weighted by Crippen LogP contribution is -2.24. The molecule has 2 aliphatic rings. The van der Waals surface area contributed by atoms with Crippen molar-refractivity contribution in [2.24, 2.45) is 0 Å². The molecule has 1 aromatic rings. The van der Waals surface area contributed by atoms with Gasteiger partial charge in [0.2, 0.25) is 0 Å². The van der Waals surface area contributed by atoms with Gasteiger partial charge < -0.3 is 10.1 Å². The maximum atomic E-state index is 5.57. The quantitative estimate of drug-likeness (QED) is 0.804. The van der Waals surface area contributed by atoms with E-state index in [1.165, 1.54) is 17.2 Å². The van der Waals surface area contributed by atoms with Crippen molar-refractivity contribution in [3.63, 3.8) is 0 Å². The molecule has 1 saturated heterocycles. The van der Waals surface area contributed by atoms with Crippen LogP contribution in [0.1, 0.15) is 24.6 Å². The number of rotatable bonds is 1. The fraction of sp³-hybridized carbons (Fsp3) is 0.727. The molecule has 5 heteroatoms. The molecule has 0 saturated carbocycles. The molecular weight excluding hydrogens is 222 g/mol. The molecule has 0 radical (unpaired) electrons. The molecule has 16 heavy (non-hydrogen) atoms. The molecule has 3 heterocycles. The first-order valence-electron chi connectivity index (χ1n) is 5.95. The Bertz CT molecular complexity index is 335. The van der Waals surface area contributed by atoms with Gasteiger partial charge in [0, 0.05) is 18.9 Å². The highest BCUT2D eigenvalue weighted by Gasteiger charge is 2.20. The van der Waals surface area contributed by atoms with Crippen LogP contribution in [0.25, 0.3) is 0 Å². The molecule has 2 aliphatic heterocycles. The second-order valence-corrected chi connectivity index (χ2v) is 5.38. The molecule has 3 rings (SSSR count). The van der Waals surface area contributed by atoms with Crippen molar-refractivity contribution in [3.05, 3.63) is 11.8 Å². The van der Waals surface area contributed by atoms with Crippen LogP contribution in [0.4, 0.5) is 0 Å². The summed E-state index contributed by atoms with van der Waals surface area (Å²) in [6.07, 6.45) is 2.33. The van der Waals surface area contributed by atoms with Crippen molar-refractivity contribution in [1.82, 2.24) is 15.1 Å². The minimum Gasteiger partial charge on any atom is -0.379 e. The summed E-state index contributed by atoms with van der Waals surface area (Å²) in [4.78, 5) is 0. The van der Waals surface area contributed by atoms with Gasteiger partial charge in [-0.05, 0) is 25.5 Å². The molecule has 1 aromatic heterocycles. The Balaban J connectivity index is 1.79. The number of aromatic nitrogens is 2. The highest BCUT2D eigenvalue weighted by Crippen LogP contribution is 2.27. The average molecular weight is 239 g/mol. The lowest BCUT2D eigenvalue weighted by molar-refractivity contribution is 0.130. The highest BCUT2D eigenvalue weighted by molar-refractivity contribution is 7.99. The molecule has 88 valence electrons. The first-order chi connectivity index (χ1) is 7.93. The number of nitrogens with zero attached hydrogens (tertiary/aromatic N) is 2. The topological polar surface area (TPSA) is 39.1 Å². The molecule has 1 N–H and O–H groups in total. The molecule has 0 spiro atoms. The van der Waals surface area contributed by atoms with Crippen LogP contribution in [-0.2, 0) is 11.3 Å². The number of ether oxygens (including phenoxy) is 1. The summed E-state index contributed by atoms with van der Waals surface area (Å²) >= 11 is 1.91. The number of hydrogen-bond acceptors (Lipinski definition) is 4. The van der Waals surface area contributed by atoms with Crippen LogP contribution in [0.2, 0.25) is 0 Å². The van der Waals surface area contributed by atoms with E-state index in [9.17, 15) is 0 Å². The highest BCUT2D eigenvalue weighted by atomic mass is 32.2. The Morgan fingerprint density at radius 3 is 3.44 bits per heavy atom. The van der Waals surface area contributed by atoms with Crippen molar-refractivity contribution in [2.45, 2.75) is 30.5 Å². The molecule has 0 aromatic carbocycles. The second-order valence-electron chi connectivity index (χ2n) is 4.27. The Kier molecular flexibility index (Phi) is 3.17. The maximum absolute atomic E-state index is 5.57. The van der Waals surface area contributed by atoms with Gasteiger partial charge in [-0.2, -0.15) is 5.10 Å². The minimum absolute atomic E-state index is 0.279. The van der Waals surface area contributed by atoms with Crippen LogP contribution in [0.3, 0.4) is 0 Å². The van der Waals surface area contributed by atoms with Gasteiger partial charge in [0.05, 0.1) is 23.4 Å². The largest absolute Gasteiger partial charge is 0.379 e. The van der Waals surface area contributed by atoms with Crippen molar-refractivity contribution < 1.29 is 4.74 Å². The third kappa shape index (κ3) is 2.12. The zero-order valence-electron chi connectivity index (χ0n) is 9.32. The normalized spacial score (nSPS) is 26.1. The van der Waals surface area contributed by atoms with Crippen LogP contribution >= 0.6 is 11.8 Å². The number of hydrogen-bond donors (Lipinski definition) is 1. The summed E-state index contributed by atoms with van der Waals surface area (Å²) in [5, 5.41) is 9.48. The lowest BCUT2D eigenvalue weighted by atomic mass is 10.2. The van der Waals surface area contributed by atoms with E-state index < -0.39 is 0 Å². The van der Waals surface area contributed by atoms with Crippen LogP contribution in [0.5, 0.6) is 0 Å². The van der Waals surface area contributed by atoms with E-state index in [4.69, 9.17) is 4.74 Å². The predicted octanol–water partition coefficient (Wildman–Crippen LogP) is 1.43. The maximum Gasteiger partial charge on any atom is 0.0943 e. The predicted molar refractivity (Wildman–Crippen MR) is 63.7 cm³/mol. The molecule has 0 aliphatic carbocycles. The molecular formula is C11H17N3OS. The van der Waals surface area contributed by atoms with E-state index in [-0.39, 0.29) is 6.04 Å². The monoisotopic (exact) mass is 239 g/mol. The van der Waals surface area contributed by atoms with Crippen LogP contribution < -0.4 is 5.32 Å². The number of fused-ring (bicyclic) bond motifs is 1. The zero-order valence-corrected chi connectivity index (χ0v) is 10.1. The minimum atomic E-state index is 0.279. The summed E-state index contributed by atoms with van der Waals surface area (Å²) in [5.74, 6) is 1.22. The number of thioether (sulfide) groups is 1. The van der Waals surface area contributed by atoms with Crippen LogP contribution in [0, 0.1) is 0 Å². The van der Waals surface area contributed by atoms with E-state index in [2.05, 4.69) is 21.2 Å². The average Bonchev–Trinajstić information content (AvgIpc) is 2.56. The second kappa shape index (κ2) is 4.77. The van der Waals surface area contributed by atoms with Gasteiger partial charge in [0.1, 0.15) is 0 Å². The summed E-state index contributed by atoms with van der Waals surface area (Å²) < 4.78 is 7.71. The van der Waals surface area contributed by atoms with Gasteiger partial charge in [-0.25, -0.2) is 0 Å². The van der Waals surface area contributed by atoms with Crippen LogP contribution in [-0.4, -0.2) is 35.3 Å². The van der Waals surface area contributed by atoms with E-state index in [0.29, 0.717) is 0 Å². The van der Waals surface area contributed by atoms with E-state index >= 15 is 0 Å². The lowest BCUT2D eigenvalue weighted by Gasteiger charge is -2.12. The van der Waals surface area contributed by atoms with Gasteiger partial charge in [-0.1, -0.05) is 0 Å². The van der Waals surface area contributed by atoms with Gasteiger partial charge in [0.15, 0.2) is 0 Å². The third-order valence-electron chi connectivity index (χ3n) is 3.02. The fourth-order valence-electron chi connectivity index (χ4n) is 2.16. The van der Waals surface area contributed by atoms with Crippen molar-refractivity contribution in [3.8, 4) is 0 Å². The Labute approximate surface area is 99.7 Å². The number of aryl methyl sites for hydroxylation is 1. The standard InChI is InChI=1S/C11H17N3OS/c1-3-12-10(8-15-5-1)9-7-11-14(13-9)4-2-6-16-11/h7,10,12H,1-6,8H2. The first kappa shape index (κ1) is 10.6. The summed E-state index contributed by atoms with van der Waals surface area (Å²) in [7, 11) is 0. The molecule has 4 nitrogen and oxygen atoms in total. The van der Waals surface area contributed by atoms with Crippen molar-refractivity contribution >= 4 is 11.8 Å². The zero-order chi connectivity index (χ0) is 10.8. The summed E-state index contributed by atoms with van der Waals surface area (Å²) in [6.45, 7) is 3.71. The SMILES string of the molecule is c1c(C2COCCCN2)nn2c1SCCC2. The number of nitrogens with one attached hydrogen (secondary N) is 1. The van der Waals surface area contributed by atoms with Crippen LogP contribution in [0.15, 0.2) is 11.1 Å². The van der Waals surface area contributed by atoms with E-state index in [0.717, 1.165) is 38.4 Å². The van der Waals surface area contributed by atoms with Crippen molar-refractivity contribution in [2.75, 3.05) is 25.5 Å². The van der Waals surface area contributed by atoms with Gasteiger partial charge in [0.25, 0.3) is 0 Å². The molecule has 1 fully saturated rings.